The Labute approximate surface area is 121 Å². The molecule has 0 saturated carbocycles. The Bertz CT molecular complexity index is 652. The summed E-state index contributed by atoms with van der Waals surface area (Å²) in [5, 5.41) is 7.04. The first kappa shape index (κ1) is 13.2. The number of nitrogens with zero attached hydrogens (tertiary/aromatic N) is 2. The second-order valence-corrected chi connectivity index (χ2v) is 5.69. The minimum Gasteiger partial charge on any atom is -0.329 e. The van der Waals surface area contributed by atoms with E-state index in [1.165, 1.54) is 0 Å². The van der Waals surface area contributed by atoms with E-state index in [-0.39, 0.29) is 11.9 Å². The number of hydrogen-bond donors (Lipinski definition) is 2. The van der Waals surface area contributed by atoms with Crippen LogP contribution in [0.1, 0.15) is 18.5 Å². The van der Waals surface area contributed by atoms with Crippen molar-refractivity contribution in [1.29, 1.82) is 0 Å². The van der Waals surface area contributed by atoms with E-state index in [0.717, 1.165) is 27.8 Å². The summed E-state index contributed by atoms with van der Waals surface area (Å²) >= 11 is 1.58. The predicted octanol–water partition coefficient (Wildman–Crippen LogP) is 2.17. The fourth-order valence-electron chi connectivity index (χ4n) is 2.27. The molecule has 1 atom stereocenters. The van der Waals surface area contributed by atoms with Crippen molar-refractivity contribution in [2.24, 2.45) is 7.05 Å². The lowest BCUT2D eigenvalue weighted by atomic mass is 10.1. The summed E-state index contributed by atoms with van der Waals surface area (Å²) in [6.07, 6.45) is 3.69. The average Bonchev–Trinajstić information content (AvgIpc) is 2.95. The van der Waals surface area contributed by atoms with Gasteiger partial charge in [0.05, 0.1) is 0 Å². The Hall–Kier alpha value is -1.79. The van der Waals surface area contributed by atoms with Crippen LogP contribution in [0.3, 0.4) is 0 Å². The van der Waals surface area contributed by atoms with Crippen LogP contribution in [0.25, 0.3) is 0 Å². The van der Waals surface area contributed by atoms with Crippen molar-refractivity contribution in [2.45, 2.75) is 23.0 Å². The first-order valence-corrected chi connectivity index (χ1v) is 7.34. The average molecular weight is 288 g/mol. The Morgan fingerprint density at radius 2 is 2.35 bits per heavy atom. The molecule has 2 heterocycles. The van der Waals surface area contributed by atoms with Gasteiger partial charge in [-0.3, -0.25) is 4.79 Å². The van der Waals surface area contributed by atoms with Crippen LogP contribution < -0.4 is 10.6 Å². The molecular weight excluding hydrogens is 272 g/mol. The van der Waals surface area contributed by atoms with Gasteiger partial charge in [0.2, 0.25) is 5.91 Å². The van der Waals surface area contributed by atoms with Gasteiger partial charge in [0, 0.05) is 35.6 Å². The minimum atomic E-state index is -0.234. The van der Waals surface area contributed by atoms with E-state index in [2.05, 4.69) is 15.6 Å². The van der Waals surface area contributed by atoms with Crippen molar-refractivity contribution in [2.75, 3.05) is 11.9 Å². The number of carbonyl (C=O) groups excluding carboxylic acids is 1. The first-order valence-electron chi connectivity index (χ1n) is 6.52. The highest BCUT2D eigenvalue weighted by Gasteiger charge is 2.29. The van der Waals surface area contributed by atoms with E-state index in [1.807, 2.05) is 42.9 Å². The van der Waals surface area contributed by atoms with E-state index >= 15 is 0 Å². The number of hydrogen-bond acceptors (Lipinski definition) is 4. The SMILES string of the molecule is CCNC1C(=O)Nc2cc(Sc3nccn3C)ccc21. The Balaban J connectivity index is 1.86. The molecule has 0 fully saturated rings. The molecule has 3 rings (SSSR count). The normalized spacial score (nSPS) is 17.1. The fourth-order valence-corrected chi connectivity index (χ4v) is 3.11. The molecule has 1 amide bonds. The molecule has 20 heavy (non-hydrogen) atoms. The van der Waals surface area contributed by atoms with E-state index in [0.29, 0.717) is 0 Å². The van der Waals surface area contributed by atoms with Gasteiger partial charge in [-0.25, -0.2) is 4.98 Å². The van der Waals surface area contributed by atoms with Gasteiger partial charge >= 0.3 is 0 Å². The summed E-state index contributed by atoms with van der Waals surface area (Å²) in [4.78, 5) is 17.3. The zero-order valence-electron chi connectivity index (χ0n) is 11.4. The van der Waals surface area contributed by atoms with Crippen molar-refractivity contribution >= 4 is 23.4 Å². The van der Waals surface area contributed by atoms with Crippen LogP contribution in [0.2, 0.25) is 0 Å². The number of likely N-dealkylation sites (N-methyl/N-ethyl adjacent to an activating group) is 1. The number of imidazole rings is 1. The first-order chi connectivity index (χ1) is 9.69. The molecule has 6 heteroatoms. The topological polar surface area (TPSA) is 59.0 Å². The van der Waals surface area contributed by atoms with E-state index in [1.54, 1.807) is 18.0 Å². The molecule has 0 saturated heterocycles. The number of carbonyl (C=O) groups is 1. The van der Waals surface area contributed by atoms with Crippen LogP contribution in [-0.4, -0.2) is 22.0 Å². The molecule has 2 aromatic rings. The Kier molecular flexibility index (Phi) is 3.50. The van der Waals surface area contributed by atoms with Crippen LogP contribution in [0.4, 0.5) is 5.69 Å². The summed E-state index contributed by atoms with van der Waals surface area (Å²) in [5.41, 5.74) is 1.90. The number of benzene rings is 1. The summed E-state index contributed by atoms with van der Waals surface area (Å²) < 4.78 is 1.97. The Morgan fingerprint density at radius 1 is 1.50 bits per heavy atom. The molecule has 2 N–H and O–H groups in total. The summed E-state index contributed by atoms with van der Waals surface area (Å²) in [5.74, 6) is 0.0148. The molecule has 1 aromatic heterocycles. The third kappa shape index (κ3) is 2.32. The zero-order valence-corrected chi connectivity index (χ0v) is 12.2. The molecule has 0 radical (unpaired) electrons. The molecule has 1 aliphatic rings. The van der Waals surface area contributed by atoms with Gasteiger partial charge in [0.15, 0.2) is 5.16 Å². The second kappa shape index (κ2) is 5.30. The number of rotatable bonds is 4. The molecule has 104 valence electrons. The molecule has 0 bridgehead atoms. The van der Waals surface area contributed by atoms with Gasteiger partial charge in [0.1, 0.15) is 6.04 Å². The molecule has 0 spiro atoms. The third-order valence-electron chi connectivity index (χ3n) is 3.25. The standard InChI is InChI=1S/C14H16N4OS/c1-3-15-12-10-5-4-9(8-11(10)17-13(12)19)20-14-16-6-7-18(14)2/h4-8,12,15H,3H2,1-2H3,(H,17,19). The number of aromatic nitrogens is 2. The monoisotopic (exact) mass is 288 g/mol. The Morgan fingerprint density at radius 3 is 3.05 bits per heavy atom. The largest absolute Gasteiger partial charge is 0.329 e. The summed E-state index contributed by atoms with van der Waals surface area (Å²) in [6.45, 7) is 2.76. The predicted molar refractivity (Wildman–Crippen MR) is 78.8 cm³/mol. The van der Waals surface area contributed by atoms with Crippen LogP contribution in [0.5, 0.6) is 0 Å². The van der Waals surface area contributed by atoms with Crippen LogP contribution in [-0.2, 0) is 11.8 Å². The highest BCUT2D eigenvalue weighted by Crippen LogP contribution is 2.35. The fraction of sp³-hybridized carbons (Fsp3) is 0.286. The maximum atomic E-state index is 11.9. The lowest BCUT2D eigenvalue weighted by Crippen LogP contribution is -2.27. The lowest BCUT2D eigenvalue weighted by molar-refractivity contribution is -0.117. The summed E-state index contributed by atoms with van der Waals surface area (Å²) in [6, 6.07) is 5.81. The van der Waals surface area contributed by atoms with Gasteiger partial charge < -0.3 is 15.2 Å². The van der Waals surface area contributed by atoms with Gasteiger partial charge in [-0.15, -0.1) is 0 Å². The molecule has 1 aromatic carbocycles. The number of fused-ring (bicyclic) bond motifs is 1. The number of anilines is 1. The lowest BCUT2D eigenvalue weighted by Gasteiger charge is -2.09. The highest BCUT2D eigenvalue weighted by molar-refractivity contribution is 7.99. The van der Waals surface area contributed by atoms with Gasteiger partial charge in [-0.1, -0.05) is 24.8 Å². The minimum absolute atomic E-state index is 0.0148. The third-order valence-corrected chi connectivity index (χ3v) is 4.32. The van der Waals surface area contributed by atoms with Crippen molar-refractivity contribution < 1.29 is 4.79 Å². The second-order valence-electron chi connectivity index (χ2n) is 4.65. The van der Waals surface area contributed by atoms with Crippen molar-refractivity contribution in [3.63, 3.8) is 0 Å². The van der Waals surface area contributed by atoms with E-state index in [9.17, 15) is 4.79 Å². The maximum absolute atomic E-state index is 11.9. The highest BCUT2D eigenvalue weighted by atomic mass is 32.2. The van der Waals surface area contributed by atoms with Crippen molar-refractivity contribution in [3.8, 4) is 0 Å². The van der Waals surface area contributed by atoms with E-state index in [4.69, 9.17) is 0 Å². The van der Waals surface area contributed by atoms with Gasteiger partial charge in [-0.05, 0) is 18.7 Å². The van der Waals surface area contributed by atoms with Crippen molar-refractivity contribution in [3.05, 3.63) is 36.2 Å². The number of amides is 1. The molecule has 5 nitrogen and oxygen atoms in total. The quantitative estimate of drug-likeness (QED) is 0.905. The zero-order chi connectivity index (χ0) is 14.1. The van der Waals surface area contributed by atoms with Crippen LogP contribution in [0, 0.1) is 0 Å². The number of aryl methyl sites for hydroxylation is 1. The van der Waals surface area contributed by atoms with Crippen LogP contribution >= 0.6 is 11.8 Å². The number of nitrogens with one attached hydrogen (secondary N) is 2. The van der Waals surface area contributed by atoms with E-state index < -0.39 is 0 Å². The smallest absolute Gasteiger partial charge is 0.246 e. The maximum Gasteiger partial charge on any atom is 0.246 e. The molecular formula is C14H16N4OS. The van der Waals surface area contributed by atoms with Gasteiger partial charge in [-0.2, -0.15) is 0 Å². The molecule has 1 unspecified atom stereocenters. The molecule has 1 aliphatic heterocycles. The van der Waals surface area contributed by atoms with Gasteiger partial charge in [0.25, 0.3) is 0 Å². The van der Waals surface area contributed by atoms with Crippen LogP contribution in [0.15, 0.2) is 40.6 Å². The molecule has 0 aliphatic carbocycles. The van der Waals surface area contributed by atoms with Crippen molar-refractivity contribution in [1.82, 2.24) is 14.9 Å². The summed E-state index contributed by atoms with van der Waals surface area (Å²) in [7, 11) is 1.96.